The van der Waals surface area contributed by atoms with Gasteiger partial charge >= 0.3 is 6.03 Å². The van der Waals surface area contributed by atoms with Crippen LogP contribution in [0.3, 0.4) is 0 Å². The number of nitrogens with two attached hydrogens (primary N) is 1. The number of amides is 3. The number of rotatable bonds is 12. The fourth-order valence-electron chi connectivity index (χ4n) is 3.28. The van der Waals surface area contributed by atoms with Gasteiger partial charge < -0.3 is 30.4 Å². The van der Waals surface area contributed by atoms with Crippen molar-refractivity contribution < 1.29 is 27.8 Å². The van der Waals surface area contributed by atoms with Crippen molar-refractivity contribution in [1.82, 2.24) is 14.9 Å². The number of halogens is 2. The van der Waals surface area contributed by atoms with Gasteiger partial charge in [-0.1, -0.05) is 19.6 Å². The number of nitrogens with one attached hydrogen (secondary N) is 2. The molecular formula is C24H31F2N5O4Si. The van der Waals surface area contributed by atoms with E-state index in [0.29, 0.717) is 30.8 Å². The summed E-state index contributed by atoms with van der Waals surface area (Å²) in [7, 11) is -1.20. The van der Waals surface area contributed by atoms with E-state index in [1.54, 1.807) is 16.8 Å². The van der Waals surface area contributed by atoms with Crippen LogP contribution in [0.25, 0.3) is 11.0 Å². The standard InChI is InChI=1S/C24H31F2N5O4Si/c1-36(2,3)12-11-34-15-31-10-7-17-20(6-9-28-23(17)31)35-22-18(25)13-16(14-19(22)26)30-24(33)29-8-4-5-21(27)32/h6-7,9-10,13-14H,4-5,8,11-12,15H2,1-3H3,(H2,27,32)(H2,29,30,33). The van der Waals surface area contributed by atoms with Crippen LogP contribution < -0.4 is 21.1 Å². The molecule has 0 aliphatic rings. The Balaban J connectivity index is 1.66. The second-order valence-electron chi connectivity index (χ2n) is 9.50. The number of carbonyl (C=O) groups excluding carboxylic acids is 2. The largest absolute Gasteiger partial charge is 0.450 e. The molecule has 0 unspecified atom stereocenters. The summed E-state index contributed by atoms with van der Waals surface area (Å²) in [6.07, 6.45) is 3.74. The number of primary amides is 1. The molecule has 2 heterocycles. The first-order chi connectivity index (χ1) is 17.0. The zero-order valence-corrected chi connectivity index (χ0v) is 21.6. The Bertz CT molecular complexity index is 1210. The molecule has 0 aliphatic heterocycles. The number of hydrogen-bond acceptors (Lipinski definition) is 5. The van der Waals surface area contributed by atoms with Gasteiger partial charge in [0, 0.05) is 57.9 Å². The summed E-state index contributed by atoms with van der Waals surface area (Å²) in [5, 5.41) is 5.39. The Morgan fingerprint density at radius 2 is 1.89 bits per heavy atom. The van der Waals surface area contributed by atoms with E-state index in [1.807, 2.05) is 0 Å². The van der Waals surface area contributed by atoms with Crippen LogP contribution in [0, 0.1) is 11.6 Å². The summed E-state index contributed by atoms with van der Waals surface area (Å²) in [5.41, 5.74) is 5.50. The third-order valence-corrected chi connectivity index (χ3v) is 6.91. The maximum absolute atomic E-state index is 14.7. The molecule has 0 fully saturated rings. The number of aromatic nitrogens is 2. The van der Waals surface area contributed by atoms with E-state index in [1.165, 1.54) is 12.3 Å². The number of pyridine rings is 1. The van der Waals surface area contributed by atoms with Gasteiger partial charge in [-0.3, -0.25) is 4.79 Å². The lowest BCUT2D eigenvalue weighted by atomic mass is 10.2. The van der Waals surface area contributed by atoms with Gasteiger partial charge in [-0.05, 0) is 24.6 Å². The molecule has 1 aromatic carbocycles. The van der Waals surface area contributed by atoms with E-state index in [0.717, 1.165) is 18.2 Å². The quantitative estimate of drug-likeness (QED) is 0.234. The highest BCUT2D eigenvalue weighted by atomic mass is 28.3. The van der Waals surface area contributed by atoms with Crippen LogP contribution in [0.5, 0.6) is 11.5 Å². The highest BCUT2D eigenvalue weighted by Crippen LogP contribution is 2.34. The lowest BCUT2D eigenvalue weighted by Gasteiger charge is -2.15. The van der Waals surface area contributed by atoms with Gasteiger partial charge in [-0.25, -0.2) is 18.6 Å². The summed E-state index contributed by atoms with van der Waals surface area (Å²) in [5.74, 6) is -2.83. The minimum absolute atomic E-state index is 0.0914. The molecule has 3 aromatic rings. The average molecular weight is 520 g/mol. The lowest BCUT2D eigenvalue weighted by molar-refractivity contribution is -0.118. The van der Waals surface area contributed by atoms with Gasteiger partial charge in [0.1, 0.15) is 18.1 Å². The van der Waals surface area contributed by atoms with Crippen molar-refractivity contribution in [2.24, 2.45) is 5.73 Å². The summed E-state index contributed by atoms with van der Waals surface area (Å²) in [6.45, 7) is 7.96. The normalized spacial score (nSPS) is 11.5. The molecule has 36 heavy (non-hydrogen) atoms. The zero-order chi connectivity index (χ0) is 26.3. The van der Waals surface area contributed by atoms with Crippen LogP contribution in [-0.2, 0) is 16.3 Å². The number of nitrogens with zero attached hydrogens (tertiary/aromatic N) is 2. The van der Waals surface area contributed by atoms with E-state index in [9.17, 15) is 18.4 Å². The molecule has 2 aromatic heterocycles. The van der Waals surface area contributed by atoms with Crippen molar-refractivity contribution in [3.63, 3.8) is 0 Å². The number of ether oxygens (including phenoxy) is 2. The fraction of sp³-hybridized carbons (Fsp3) is 0.375. The molecule has 0 radical (unpaired) electrons. The van der Waals surface area contributed by atoms with Crippen LogP contribution in [0.1, 0.15) is 12.8 Å². The molecule has 4 N–H and O–H groups in total. The van der Waals surface area contributed by atoms with Gasteiger partial charge in [-0.2, -0.15) is 0 Å². The molecule has 0 saturated carbocycles. The third-order valence-electron chi connectivity index (χ3n) is 5.20. The van der Waals surface area contributed by atoms with Crippen molar-refractivity contribution >= 4 is 36.7 Å². The first-order valence-corrected chi connectivity index (χ1v) is 15.3. The Labute approximate surface area is 209 Å². The van der Waals surface area contributed by atoms with E-state index in [4.69, 9.17) is 15.2 Å². The Morgan fingerprint density at radius 3 is 2.56 bits per heavy atom. The summed E-state index contributed by atoms with van der Waals surface area (Å²) >= 11 is 0. The topological polar surface area (TPSA) is 120 Å². The van der Waals surface area contributed by atoms with Crippen molar-refractivity contribution in [3.05, 3.63) is 48.3 Å². The molecule has 0 spiro atoms. The average Bonchev–Trinajstić information content (AvgIpc) is 3.20. The van der Waals surface area contributed by atoms with Crippen LogP contribution in [-0.4, -0.2) is 42.7 Å². The predicted octanol–water partition coefficient (Wildman–Crippen LogP) is 4.81. The van der Waals surface area contributed by atoms with E-state index >= 15 is 0 Å². The molecule has 3 amide bonds. The Hall–Kier alpha value is -3.51. The van der Waals surface area contributed by atoms with Crippen LogP contribution >= 0.6 is 0 Å². The van der Waals surface area contributed by atoms with Gasteiger partial charge in [0.15, 0.2) is 17.4 Å². The summed E-state index contributed by atoms with van der Waals surface area (Å²) < 4.78 is 42.6. The number of anilines is 1. The second-order valence-corrected chi connectivity index (χ2v) is 15.1. The number of hydrogen-bond donors (Lipinski definition) is 3. The minimum Gasteiger partial charge on any atom is -0.450 e. The lowest BCUT2D eigenvalue weighted by Crippen LogP contribution is -2.30. The SMILES string of the molecule is C[Si](C)(C)CCOCn1ccc2c(Oc3c(F)cc(NC(=O)NCCCC(N)=O)cc3F)ccnc21. The molecule has 3 rings (SSSR count). The first-order valence-electron chi connectivity index (χ1n) is 11.5. The number of urea groups is 1. The first kappa shape index (κ1) is 27.1. The highest BCUT2D eigenvalue weighted by molar-refractivity contribution is 6.76. The molecule has 194 valence electrons. The summed E-state index contributed by atoms with van der Waals surface area (Å²) in [6, 6.07) is 5.54. The molecular weight excluding hydrogens is 488 g/mol. The van der Waals surface area contributed by atoms with Crippen molar-refractivity contribution in [3.8, 4) is 11.5 Å². The van der Waals surface area contributed by atoms with Crippen LogP contribution in [0.15, 0.2) is 36.7 Å². The van der Waals surface area contributed by atoms with Crippen molar-refractivity contribution in [2.45, 2.75) is 45.3 Å². The maximum atomic E-state index is 14.7. The number of carbonyl (C=O) groups is 2. The smallest absolute Gasteiger partial charge is 0.319 e. The molecule has 0 saturated heterocycles. The van der Waals surface area contributed by atoms with Crippen molar-refractivity contribution in [1.29, 1.82) is 0 Å². The highest BCUT2D eigenvalue weighted by Gasteiger charge is 2.18. The van der Waals surface area contributed by atoms with Crippen molar-refractivity contribution in [2.75, 3.05) is 18.5 Å². The summed E-state index contributed by atoms with van der Waals surface area (Å²) in [4.78, 5) is 27.0. The molecule has 0 atom stereocenters. The van der Waals surface area contributed by atoms with E-state index in [-0.39, 0.29) is 24.4 Å². The molecule has 0 bridgehead atoms. The molecule has 9 nitrogen and oxygen atoms in total. The van der Waals surface area contributed by atoms with Crippen LogP contribution in [0.4, 0.5) is 19.3 Å². The van der Waals surface area contributed by atoms with Gasteiger partial charge in [-0.15, -0.1) is 0 Å². The number of benzene rings is 1. The fourth-order valence-corrected chi connectivity index (χ4v) is 4.04. The second kappa shape index (κ2) is 12.0. The van der Waals surface area contributed by atoms with Gasteiger partial charge in [0.05, 0.1) is 5.39 Å². The monoisotopic (exact) mass is 519 g/mol. The third kappa shape index (κ3) is 7.75. The van der Waals surface area contributed by atoms with Gasteiger partial charge in [0.25, 0.3) is 0 Å². The van der Waals surface area contributed by atoms with Crippen LogP contribution in [0.2, 0.25) is 25.7 Å². The predicted molar refractivity (Wildman–Crippen MR) is 136 cm³/mol. The Morgan fingerprint density at radius 1 is 1.17 bits per heavy atom. The Kier molecular flexibility index (Phi) is 8.99. The van der Waals surface area contributed by atoms with E-state index in [2.05, 4.69) is 35.3 Å². The number of fused-ring (bicyclic) bond motifs is 1. The van der Waals surface area contributed by atoms with E-state index < -0.39 is 37.4 Å². The zero-order valence-electron chi connectivity index (χ0n) is 20.6. The molecule has 12 heteroatoms. The molecule has 0 aliphatic carbocycles. The minimum atomic E-state index is -1.20. The van der Waals surface area contributed by atoms with Gasteiger partial charge in [0.2, 0.25) is 5.91 Å². The maximum Gasteiger partial charge on any atom is 0.319 e.